The lowest BCUT2D eigenvalue weighted by Gasteiger charge is -2.08. The van der Waals surface area contributed by atoms with Crippen LogP contribution in [-0.2, 0) is 27.1 Å². The third kappa shape index (κ3) is 4.57. The summed E-state index contributed by atoms with van der Waals surface area (Å²) in [6, 6.07) is 4.27. The van der Waals surface area contributed by atoms with Gasteiger partial charge in [0, 0.05) is 0 Å². The molecule has 18 heavy (non-hydrogen) atoms. The second-order valence-electron chi connectivity index (χ2n) is 3.73. The Hall–Kier alpha value is -1.85. The van der Waals surface area contributed by atoms with Crippen molar-refractivity contribution in [3.63, 3.8) is 0 Å². The molecule has 0 N–H and O–H groups in total. The Morgan fingerprint density at radius 2 is 1.72 bits per heavy atom. The van der Waals surface area contributed by atoms with Gasteiger partial charge < -0.3 is 4.74 Å². The quantitative estimate of drug-likeness (QED) is 0.617. The zero-order valence-corrected chi connectivity index (χ0v) is 9.58. The van der Waals surface area contributed by atoms with E-state index in [-0.39, 0.29) is 18.8 Å². The highest BCUT2D eigenvalue weighted by atomic mass is 19.4. The van der Waals surface area contributed by atoms with Crippen molar-refractivity contribution in [1.82, 2.24) is 0 Å². The zero-order chi connectivity index (χ0) is 13.8. The van der Waals surface area contributed by atoms with Crippen molar-refractivity contribution < 1.29 is 27.5 Å². The van der Waals surface area contributed by atoms with Crippen LogP contribution in [0.1, 0.15) is 24.5 Å². The molecule has 0 unspecified atom stereocenters. The molecule has 0 saturated heterocycles. The first kappa shape index (κ1) is 14.2. The number of halogens is 3. The fraction of sp³-hybridized carbons (Fsp3) is 0.333. The van der Waals surface area contributed by atoms with Crippen LogP contribution < -0.4 is 0 Å². The van der Waals surface area contributed by atoms with Gasteiger partial charge >= 0.3 is 12.1 Å². The molecule has 1 aromatic carbocycles. The summed E-state index contributed by atoms with van der Waals surface area (Å²) in [4.78, 5) is 21.6. The number of carbonyl (C=O) groups excluding carboxylic acids is 2. The molecule has 0 aliphatic carbocycles. The van der Waals surface area contributed by atoms with Gasteiger partial charge in [0.05, 0.1) is 5.56 Å². The molecule has 0 amide bonds. The summed E-state index contributed by atoms with van der Waals surface area (Å²) in [5, 5.41) is 0. The highest BCUT2D eigenvalue weighted by Crippen LogP contribution is 2.29. The molecule has 0 aliphatic heterocycles. The summed E-state index contributed by atoms with van der Waals surface area (Å²) in [6.45, 7) is 1.10. The molecule has 0 saturated carbocycles. The minimum Gasteiger partial charge on any atom is -0.460 e. The fourth-order valence-electron chi connectivity index (χ4n) is 1.21. The molecule has 3 nitrogen and oxygen atoms in total. The van der Waals surface area contributed by atoms with Gasteiger partial charge in [-0.15, -0.1) is 0 Å². The normalized spacial score (nSPS) is 11.1. The third-order valence-corrected chi connectivity index (χ3v) is 2.07. The Labute approximate surface area is 102 Å². The smallest absolute Gasteiger partial charge is 0.416 e. The predicted octanol–water partition coefficient (Wildman–Crippen LogP) is 2.73. The van der Waals surface area contributed by atoms with Gasteiger partial charge in [-0.2, -0.15) is 13.2 Å². The maximum Gasteiger partial charge on any atom is 0.416 e. The van der Waals surface area contributed by atoms with Gasteiger partial charge in [-0.25, -0.2) is 0 Å². The molecule has 1 aromatic rings. The molecule has 6 heteroatoms. The van der Waals surface area contributed by atoms with Crippen LogP contribution in [0.2, 0.25) is 0 Å². The van der Waals surface area contributed by atoms with Crippen LogP contribution in [0.25, 0.3) is 0 Å². The number of carbonyl (C=O) groups is 2. The number of hydrogen-bond acceptors (Lipinski definition) is 3. The van der Waals surface area contributed by atoms with Crippen molar-refractivity contribution in [1.29, 1.82) is 0 Å². The van der Waals surface area contributed by atoms with E-state index in [1.165, 1.54) is 19.1 Å². The summed E-state index contributed by atoms with van der Waals surface area (Å²) in [7, 11) is 0. The Balaban J connectivity index is 2.54. The molecule has 0 aliphatic rings. The molecule has 0 radical (unpaired) electrons. The number of rotatable bonds is 4. The van der Waals surface area contributed by atoms with Gasteiger partial charge in [0.2, 0.25) is 0 Å². The number of esters is 1. The van der Waals surface area contributed by atoms with Gasteiger partial charge in [-0.05, 0) is 24.6 Å². The van der Waals surface area contributed by atoms with E-state index in [0.29, 0.717) is 5.56 Å². The fourth-order valence-corrected chi connectivity index (χ4v) is 1.21. The van der Waals surface area contributed by atoms with Crippen molar-refractivity contribution in [2.24, 2.45) is 0 Å². The van der Waals surface area contributed by atoms with Crippen LogP contribution >= 0.6 is 0 Å². The largest absolute Gasteiger partial charge is 0.460 e. The number of ether oxygens (including phenoxy) is 1. The van der Waals surface area contributed by atoms with Crippen LogP contribution in [0.15, 0.2) is 24.3 Å². The average Bonchev–Trinajstić information content (AvgIpc) is 2.25. The molecule has 0 bridgehead atoms. The number of benzene rings is 1. The minimum absolute atomic E-state index is 0.149. The van der Waals surface area contributed by atoms with Crippen LogP contribution in [0.3, 0.4) is 0 Å². The van der Waals surface area contributed by atoms with E-state index in [4.69, 9.17) is 4.74 Å². The summed E-state index contributed by atoms with van der Waals surface area (Å²) in [5.74, 6) is -1.02. The van der Waals surface area contributed by atoms with Crippen molar-refractivity contribution >= 4 is 11.8 Å². The summed E-state index contributed by atoms with van der Waals surface area (Å²) >= 11 is 0. The standard InChI is InChI=1S/C12H11F3O3/c1-8(16)6-11(17)18-7-9-2-4-10(5-3-9)12(13,14)15/h2-5H,6-7H2,1H3. The Kier molecular flexibility index (Phi) is 4.47. The molecular weight excluding hydrogens is 249 g/mol. The van der Waals surface area contributed by atoms with E-state index in [1.54, 1.807) is 0 Å². The van der Waals surface area contributed by atoms with E-state index >= 15 is 0 Å². The number of ketones is 1. The molecule has 0 atom stereocenters. The lowest BCUT2D eigenvalue weighted by molar-refractivity contribution is -0.147. The number of hydrogen-bond donors (Lipinski definition) is 0. The average molecular weight is 260 g/mol. The van der Waals surface area contributed by atoms with Crippen LogP contribution in [0, 0.1) is 0 Å². The maximum atomic E-state index is 12.3. The maximum absolute atomic E-state index is 12.3. The molecule has 0 spiro atoms. The van der Waals surface area contributed by atoms with Gasteiger partial charge in [0.15, 0.2) is 0 Å². The van der Waals surface area contributed by atoms with E-state index in [1.807, 2.05) is 0 Å². The zero-order valence-electron chi connectivity index (χ0n) is 9.58. The van der Waals surface area contributed by atoms with Gasteiger partial charge in [-0.1, -0.05) is 12.1 Å². The second-order valence-corrected chi connectivity index (χ2v) is 3.73. The molecule has 0 aromatic heterocycles. The molecular formula is C12H11F3O3. The first-order valence-corrected chi connectivity index (χ1v) is 5.10. The Bertz CT molecular complexity index is 435. The summed E-state index contributed by atoms with van der Waals surface area (Å²) < 4.78 is 41.5. The Morgan fingerprint density at radius 3 is 2.17 bits per heavy atom. The highest BCUT2D eigenvalue weighted by molar-refractivity contribution is 5.94. The van der Waals surface area contributed by atoms with Gasteiger partial charge in [0.1, 0.15) is 18.8 Å². The van der Waals surface area contributed by atoms with Gasteiger partial charge in [-0.3, -0.25) is 9.59 Å². The van der Waals surface area contributed by atoms with E-state index in [9.17, 15) is 22.8 Å². The first-order valence-electron chi connectivity index (χ1n) is 5.10. The van der Waals surface area contributed by atoms with Crippen LogP contribution in [0.4, 0.5) is 13.2 Å². The lowest BCUT2D eigenvalue weighted by atomic mass is 10.1. The lowest BCUT2D eigenvalue weighted by Crippen LogP contribution is -2.09. The highest BCUT2D eigenvalue weighted by Gasteiger charge is 2.29. The molecule has 98 valence electrons. The van der Waals surface area contributed by atoms with E-state index in [0.717, 1.165) is 12.1 Å². The molecule has 0 heterocycles. The SMILES string of the molecule is CC(=O)CC(=O)OCc1ccc(C(F)(F)F)cc1. The van der Waals surface area contributed by atoms with Crippen LogP contribution in [-0.4, -0.2) is 11.8 Å². The van der Waals surface area contributed by atoms with Crippen molar-refractivity contribution in [3.05, 3.63) is 35.4 Å². The molecule has 1 rings (SSSR count). The van der Waals surface area contributed by atoms with Crippen LogP contribution in [0.5, 0.6) is 0 Å². The number of Topliss-reactive ketones (excluding diaryl/α,β-unsaturated/α-hetero) is 1. The van der Waals surface area contributed by atoms with Crippen molar-refractivity contribution in [2.75, 3.05) is 0 Å². The van der Waals surface area contributed by atoms with E-state index < -0.39 is 17.7 Å². The topological polar surface area (TPSA) is 43.4 Å². The van der Waals surface area contributed by atoms with Gasteiger partial charge in [0.25, 0.3) is 0 Å². The summed E-state index contributed by atoms with van der Waals surface area (Å²) in [6.07, 6.45) is -4.72. The number of alkyl halides is 3. The molecule has 0 fully saturated rings. The third-order valence-electron chi connectivity index (χ3n) is 2.07. The van der Waals surface area contributed by atoms with Crippen molar-refractivity contribution in [2.45, 2.75) is 26.1 Å². The second kappa shape index (κ2) is 5.66. The Morgan fingerprint density at radius 1 is 1.17 bits per heavy atom. The van der Waals surface area contributed by atoms with Crippen molar-refractivity contribution in [3.8, 4) is 0 Å². The first-order chi connectivity index (χ1) is 8.29. The minimum atomic E-state index is -4.39. The van der Waals surface area contributed by atoms with E-state index in [2.05, 4.69) is 0 Å². The monoisotopic (exact) mass is 260 g/mol. The predicted molar refractivity (Wildman–Crippen MR) is 56.5 cm³/mol. The summed E-state index contributed by atoms with van der Waals surface area (Å²) in [5.41, 5.74) is -0.332.